The van der Waals surface area contributed by atoms with E-state index in [2.05, 4.69) is 39.8 Å². The van der Waals surface area contributed by atoms with Crippen molar-refractivity contribution in [1.82, 2.24) is 25.3 Å². The van der Waals surface area contributed by atoms with Crippen LogP contribution in [0.4, 0.5) is 5.13 Å². The molecule has 0 aromatic carbocycles. The van der Waals surface area contributed by atoms with Crippen molar-refractivity contribution in [2.75, 3.05) is 12.4 Å². The van der Waals surface area contributed by atoms with E-state index in [4.69, 9.17) is 0 Å². The standard InChI is InChI=1S/C13H20N6OS.ClH/c1-8(2)5-10-17-18-13(21-10)16-12(20)11(14-3)9-6-15-19(4)7-9;/h6-8,11,14H,5H2,1-4H3,(H,16,18,20);1H. The molecule has 0 saturated heterocycles. The first kappa shape index (κ1) is 18.5. The van der Waals surface area contributed by atoms with Gasteiger partial charge >= 0.3 is 0 Å². The van der Waals surface area contributed by atoms with E-state index in [1.54, 1.807) is 17.9 Å². The van der Waals surface area contributed by atoms with Crippen molar-refractivity contribution in [1.29, 1.82) is 0 Å². The largest absolute Gasteiger partial charge is 0.305 e. The van der Waals surface area contributed by atoms with Crippen LogP contribution in [0.1, 0.15) is 30.5 Å². The highest BCUT2D eigenvalue weighted by atomic mass is 35.5. The van der Waals surface area contributed by atoms with Crippen LogP contribution in [0.15, 0.2) is 12.4 Å². The topological polar surface area (TPSA) is 84.7 Å². The average Bonchev–Trinajstić information content (AvgIpc) is 2.99. The number of anilines is 1. The number of nitrogens with zero attached hydrogens (tertiary/aromatic N) is 4. The van der Waals surface area contributed by atoms with Crippen LogP contribution >= 0.6 is 23.7 Å². The maximum atomic E-state index is 12.3. The molecule has 0 fully saturated rings. The van der Waals surface area contributed by atoms with E-state index in [0.29, 0.717) is 11.0 Å². The summed E-state index contributed by atoms with van der Waals surface area (Å²) in [5.74, 6) is 0.347. The first-order valence-electron chi connectivity index (χ1n) is 6.78. The molecule has 0 aliphatic carbocycles. The first-order valence-corrected chi connectivity index (χ1v) is 7.60. The maximum absolute atomic E-state index is 12.3. The van der Waals surface area contributed by atoms with E-state index in [0.717, 1.165) is 17.0 Å². The van der Waals surface area contributed by atoms with Gasteiger partial charge in [0.15, 0.2) is 0 Å². The van der Waals surface area contributed by atoms with Crippen molar-refractivity contribution in [3.8, 4) is 0 Å². The first-order chi connectivity index (χ1) is 9.99. The Balaban J connectivity index is 0.00000242. The van der Waals surface area contributed by atoms with E-state index in [9.17, 15) is 4.79 Å². The fourth-order valence-corrected chi connectivity index (χ4v) is 2.91. The van der Waals surface area contributed by atoms with Crippen LogP contribution in [0, 0.1) is 5.92 Å². The van der Waals surface area contributed by atoms with Gasteiger partial charge in [-0.25, -0.2) is 0 Å². The third-order valence-electron chi connectivity index (χ3n) is 2.89. The predicted octanol–water partition coefficient (Wildman–Crippen LogP) is 1.79. The number of hydrogen-bond donors (Lipinski definition) is 2. The van der Waals surface area contributed by atoms with Crippen LogP contribution < -0.4 is 10.6 Å². The Hall–Kier alpha value is -1.51. The maximum Gasteiger partial charge on any atom is 0.248 e. The minimum absolute atomic E-state index is 0. The molecule has 7 nitrogen and oxygen atoms in total. The molecule has 2 heterocycles. The highest BCUT2D eigenvalue weighted by molar-refractivity contribution is 7.15. The molecule has 1 atom stereocenters. The van der Waals surface area contributed by atoms with Gasteiger partial charge in [-0.2, -0.15) is 5.10 Å². The second-order valence-electron chi connectivity index (χ2n) is 5.26. The third-order valence-corrected chi connectivity index (χ3v) is 3.75. The fraction of sp³-hybridized carbons (Fsp3) is 0.538. The number of hydrogen-bond acceptors (Lipinski definition) is 6. The lowest BCUT2D eigenvalue weighted by Crippen LogP contribution is -2.30. The molecule has 1 amide bonds. The van der Waals surface area contributed by atoms with Crippen molar-refractivity contribution < 1.29 is 4.79 Å². The molecule has 2 N–H and O–H groups in total. The lowest BCUT2D eigenvalue weighted by Gasteiger charge is -2.12. The number of rotatable bonds is 6. The Kier molecular flexibility index (Phi) is 6.92. The Morgan fingerprint density at radius 2 is 2.14 bits per heavy atom. The number of carbonyl (C=O) groups is 1. The Bertz CT molecular complexity index is 611. The zero-order valence-corrected chi connectivity index (χ0v) is 14.7. The van der Waals surface area contributed by atoms with Crippen molar-refractivity contribution >= 4 is 34.8 Å². The summed E-state index contributed by atoms with van der Waals surface area (Å²) in [5.41, 5.74) is 0.810. The number of likely N-dealkylation sites (N-methyl/N-ethyl adjacent to an activating group) is 1. The number of aromatic nitrogens is 4. The van der Waals surface area contributed by atoms with Crippen molar-refractivity contribution in [3.05, 3.63) is 23.0 Å². The van der Waals surface area contributed by atoms with Gasteiger partial charge in [-0.3, -0.25) is 14.8 Å². The van der Waals surface area contributed by atoms with Crippen molar-refractivity contribution in [2.45, 2.75) is 26.3 Å². The summed E-state index contributed by atoms with van der Waals surface area (Å²) in [6, 6.07) is -0.462. The van der Waals surface area contributed by atoms with Gasteiger partial charge in [-0.05, 0) is 13.0 Å². The van der Waals surface area contributed by atoms with Gasteiger partial charge < -0.3 is 5.32 Å². The minimum atomic E-state index is -0.462. The summed E-state index contributed by atoms with van der Waals surface area (Å²) in [4.78, 5) is 12.3. The van der Waals surface area contributed by atoms with Crippen LogP contribution in [-0.4, -0.2) is 32.9 Å². The molecular formula is C13H21ClN6OS. The molecule has 0 radical (unpaired) electrons. The normalized spacial score (nSPS) is 12.0. The Labute approximate surface area is 139 Å². The van der Waals surface area contributed by atoms with Crippen LogP contribution in [-0.2, 0) is 18.3 Å². The summed E-state index contributed by atoms with van der Waals surface area (Å²) in [6.07, 6.45) is 4.35. The molecule has 122 valence electrons. The second kappa shape index (κ2) is 8.21. The third kappa shape index (κ3) is 4.75. The monoisotopic (exact) mass is 344 g/mol. The molecule has 0 aliphatic heterocycles. The van der Waals surface area contributed by atoms with E-state index in [-0.39, 0.29) is 18.3 Å². The Morgan fingerprint density at radius 1 is 1.41 bits per heavy atom. The van der Waals surface area contributed by atoms with Gasteiger partial charge in [0, 0.05) is 25.2 Å². The summed E-state index contributed by atoms with van der Waals surface area (Å²) < 4.78 is 1.67. The fourth-order valence-electron chi connectivity index (χ4n) is 1.95. The molecule has 1 unspecified atom stereocenters. The number of amides is 1. The average molecular weight is 345 g/mol. The number of aryl methyl sites for hydroxylation is 1. The van der Waals surface area contributed by atoms with E-state index in [1.165, 1.54) is 11.3 Å². The van der Waals surface area contributed by atoms with E-state index >= 15 is 0 Å². The SMILES string of the molecule is CNC(C(=O)Nc1nnc(CC(C)C)s1)c1cnn(C)c1.Cl. The molecule has 0 aliphatic rings. The van der Waals surface area contributed by atoms with Gasteiger partial charge in [-0.1, -0.05) is 25.2 Å². The lowest BCUT2D eigenvalue weighted by atomic mass is 10.1. The van der Waals surface area contributed by atoms with Gasteiger partial charge in [0.25, 0.3) is 0 Å². The van der Waals surface area contributed by atoms with Crippen LogP contribution in [0.2, 0.25) is 0 Å². The van der Waals surface area contributed by atoms with E-state index < -0.39 is 6.04 Å². The molecular weight excluding hydrogens is 324 g/mol. The molecule has 9 heteroatoms. The molecule has 0 bridgehead atoms. The molecule has 2 rings (SSSR count). The second-order valence-corrected chi connectivity index (χ2v) is 6.32. The lowest BCUT2D eigenvalue weighted by molar-refractivity contribution is -0.118. The zero-order chi connectivity index (χ0) is 15.4. The highest BCUT2D eigenvalue weighted by Crippen LogP contribution is 2.20. The summed E-state index contributed by atoms with van der Waals surface area (Å²) in [6.45, 7) is 4.25. The molecule has 22 heavy (non-hydrogen) atoms. The van der Waals surface area contributed by atoms with Gasteiger partial charge in [0.1, 0.15) is 11.0 Å². The highest BCUT2D eigenvalue weighted by Gasteiger charge is 2.21. The minimum Gasteiger partial charge on any atom is -0.305 e. The van der Waals surface area contributed by atoms with Gasteiger partial charge in [-0.15, -0.1) is 22.6 Å². The molecule has 0 saturated carbocycles. The summed E-state index contributed by atoms with van der Waals surface area (Å²) >= 11 is 1.42. The van der Waals surface area contributed by atoms with E-state index in [1.807, 2.05) is 13.2 Å². The number of nitrogens with one attached hydrogen (secondary N) is 2. The van der Waals surface area contributed by atoms with Crippen LogP contribution in [0.25, 0.3) is 0 Å². The van der Waals surface area contributed by atoms with Crippen LogP contribution in [0.5, 0.6) is 0 Å². The summed E-state index contributed by atoms with van der Waals surface area (Å²) in [5, 5.41) is 19.4. The summed E-state index contributed by atoms with van der Waals surface area (Å²) in [7, 11) is 3.55. The molecule has 2 aromatic rings. The van der Waals surface area contributed by atoms with Gasteiger partial charge in [0.05, 0.1) is 6.20 Å². The smallest absolute Gasteiger partial charge is 0.248 e. The molecule has 0 spiro atoms. The molecule has 2 aromatic heterocycles. The number of halogens is 1. The zero-order valence-electron chi connectivity index (χ0n) is 13.0. The predicted molar refractivity (Wildman–Crippen MR) is 89.3 cm³/mol. The Morgan fingerprint density at radius 3 is 2.68 bits per heavy atom. The van der Waals surface area contributed by atoms with Gasteiger partial charge in [0.2, 0.25) is 11.0 Å². The quantitative estimate of drug-likeness (QED) is 0.834. The van der Waals surface area contributed by atoms with Crippen molar-refractivity contribution in [2.24, 2.45) is 13.0 Å². The van der Waals surface area contributed by atoms with Crippen molar-refractivity contribution in [3.63, 3.8) is 0 Å². The number of carbonyl (C=O) groups excluding carboxylic acids is 1. The van der Waals surface area contributed by atoms with Crippen LogP contribution in [0.3, 0.4) is 0 Å².